The number of alkyl halides is 3. The monoisotopic (exact) mass is 651 g/mol. The van der Waals surface area contributed by atoms with Crippen molar-refractivity contribution in [3.63, 3.8) is 0 Å². The Balaban J connectivity index is 1.84. The van der Waals surface area contributed by atoms with E-state index < -0.39 is 46.2 Å². The molecule has 1 atom stereocenters. The first-order valence-electron chi connectivity index (χ1n) is 14.7. The first-order chi connectivity index (χ1) is 21.8. The molecule has 0 radical (unpaired) electrons. The van der Waals surface area contributed by atoms with Gasteiger partial charge in [-0.15, -0.1) is 0 Å². The van der Waals surface area contributed by atoms with Crippen molar-refractivity contribution < 1.29 is 31.2 Å². The molecule has 0 saturated carbocycles. The molecule has 242 valence electrons. The van der Waals surface area contributed by atoms with Gasteiger partial charge in [-0.1, -0.05) is 84.4 Å². The van der Waals surface area contributed by atoms with Crippen LogP contribution in [0.25, 0.3) is 0 Å². The van der Waals surface area contributed by atoms with Gasteiger partial charge in [0.2, 0.25) is 11.8 Å². The van der Waals surface area contributed by atoms with Gasteiger partial charge in [-0.2, -0.15) is 13.2 Å². The summed E-state index contributed by atoms with van der Waals surface area (Å²) in [6.45, 7) is 4.54. The number of nitrogens with one attached hydrogen (secondary N) is 1. The summed E-state index contributed by atoms with van der Waals surface area (Å²) in [6.07, 6.45) is -4.64. The van der Waals surface area contributed by atoms with Gasteiger partial charge in [-0.05, 0) is 62.2 Å². The van der Waals surface area contributed by atoms with Crippen LogP contribution in [0.3, 0.4) is 0 Å². The van der Waals surface area contributed by atoms with E-state index in [1.165, 1.54) is 35.2 Å². The lowest BCUT2D eigenvalue weighted by atomic mass is 10.0. The summed E-state index contributed by atoms with van der Waals surface area (Å²) >= 11 is 0. The van der Waals surface area contributed by atoms with Crippen LogP contribution < -0.4 is 9.62 Å². The zero-order chi connectivity index (χ0) is 33.5. The molecule has 0 saturated heterocycles. The molecule has 0 aromatic heterocycles. The molecule has 2 amide bonds. The number of anilines is 1. The number of nitrogens with zero attached hydrogens (tertiary/aromatic N) is 2. The number of carbonyl (C=O) groups excluding carboxylic acids is 2. The van der Waals surface area contributed by atoms with Gasteiger partial charge in [0.1, 0.15) is 12.6 Å². The standard InChI is InChI=1S/C35H36F3N3O4S/c1-25(2)39-34(43)32(21-27-13-6-4-7-14-27)40(23-28-15-10-12-26(3)20-28)33(42)24-41(46(44,45)31-18-8-5-9-19-31)30-17-11-16-29(22-30)35(36,37)38/h4-20,22,25,32H,21,23-24H2,1-3H3,(H,39,43)/t32-/m1/s1. The van der Waals surface area contributed by atoms with Crippen molar-refractivity contribution in [3.05, 3.63) is 131 Å². The lowest BCUT2D eigenvalue weighted by Crippen LogP contribution is -2.54. The Morgan fingerprint density at radius 1 is 0.804 bits per heavy atom. The third-order valence-electron chi connectivity index (χ3n) is 7.21. The normalized spacial score (nSPS) is 12.4. The summed E-state index contributed by atoms with van der Waals surface area (Å²) in [4.78, 5) is 29.2. The number of hydrogen-bond donors (Lipinski definition) is 1. The summed E-state index contributed by atoms with van der Waals surface area (Å²) in [5, 5.41) is 2.87. The highest BCUT2D eigenvalue weighted by Crippen LogP contribution is 2.33. The summed E-state index contributed by atoms with van der Waals surface area (Å²) < 4.78 is 69.9. The SMILES string of the molecule is Cc1cccc(CN(C(=O)CN(c2cccc(C(F)(F)F)c2)S(=O)(=O)c2ccccc2)[C@H](Cc2ccccc2)C(=O)NC(C)C)c1. The number of sulfonamides is 1. The Labute approximate surface area is 267 Å². The van der Waals surface area contributed by atoms with Crippen LogP contribution in [0.15, 0.2) is 114 Å². The second-order valence-electron chi connectivity index (χ2n) is 11.3. The van der Waals surface area contributed by atoms with Crippen LogP contribution in [0.1, 0.15) is 36.1 Å². The molecule has 0 aliphatic rings. The maximum Gasteiger partial charge on any atom is 0.416 e. The van der Waals surface area contributed by atoms with Gasteiger partial charge in [0.05, 0.1) is 16.1 Å². The number of rotatable bonds is 12. The second kappa shape index (κ2) is 14.6. The summed E-state index contributed by atoms with van der Waals surface area (Å²) in [6, 6.07) is 26.1. The van der Waals surface area contributed by atoms with Crippen LogP contribution in [0.4, 0.5) is 18.9 Å². The van der Waals surface area contributed by atoms with Crippen molar-refractivity contribution in [1.29, 1.82) is 0 Å². The Kier molecular flexibility index (Phi) is 10.9. The van der Waals surface area contributed by atoms with E-state index in [4.69, 9.17) is 0 Å². The number of carbonyl (C=O) groups is 2. The van der Waals surface area contributed by atoms with Crippen molar-refractivity contribution in [2.45, 2.75) is 56.9 Å². The van der Waals surface area contributed by atoms with Gasteiger partial charge in [0, 0.05) is 19.0 Å². The highest BCUT2D eigenvalue weighted by atomic mass is 32.2. The van der Waals surface area contributed by atoms with E-state index in [1.54, 1.807) is 38.1 Å². The number of hydrogen-bond acceptors (Lipinski definition) is 4. The molecule has 7 nitrogen and oxygen atoms in total. The molecule has 46 heavy (non-hydrogen) atoms. The van der Waals surface area contributed by atoms with Crippen molar-refractivity contribution in [2.75, 3.05) is 10.8 Å². The van der Waals surface area contributed by atoms with Crippen LogP contribution >= 0.6 is 0 Å². The molecule has 0 heterocycles. The Morgan fingerprint density at radius 3 is 2.02 bits per heavy atom. The van der Waals surface area contributed by atoms with Gasteiger partial charge in [-0.25, -0.2) is 8.42 Å². The van der Waals surface area contributed by atoms with Gasteiger partial charge < -0.3 is 10.2 Å². The fourth-order valence-corrected chi connectivity index (χ4v) is 6.45. The Hall–Kier alpha value is -4.64. The molecule has 0 bridgehead atoms. The molecular formula is C35H36F3N3O4S. The zero-order valence-corrected chi connectivity index (χ0v) is 26.6. The van der Waals surface area contributed by atoms with Crippen molar-refractivity contribution in [3.8, 4) is 0 Å². The number of halogens is 3. The largest absolute Gasteiger partial charge is 0.416 e. The molecule has 4 aromatic rings. The van der Waals surface area contributed by atoms with E-state index in [2.05, 4.69) is 5.32 Å². The molecule has 0 fully saturated rings. The highest BCUT2D eigenvalue weighted by molar-refractivity contribution is 7.92. The number of aryl methyl sites for hydroxylation is 1. The molecule has 4 rings (SSSR count). The number of amides is 2. The van der Waals surface area contributed by atoms with Gasteiger partial charge >= 0.3 is 6.18 Å². The molecule has 4 aromatic carbocycles. The fourth-order valence-electron chi connectivity index (χ4n) is 5.03. The first-order valence-corrected chi connectivity index (χ1v) is 16.1. The minimum absolute atomic E-state index is 0.0503. The molecular weight excluding hydrogens is 615 g/mol. The highest BCUT2D eigenvalue weighted by Gasteiger charge is 2.36. The summed E-state index contributed by atoms with van der Waals surface area (Å²) in [5.74, 6) is -1.21. The molecule has 0 spiro atoms. The minimum atomic E-state index is -4.75. The topological polar surface area (TPSA) is 86.8 Å². The van der Waals surface area contributed by atoms with Crippen LogP contribution in [0, 0.1) is 6.92 Å². The van der Waals surface area contributed by atoms with E-state index in [1.807, 2.05) is 43.3 Å². The third-order valence-corrected chi connectivity index (χ3v) is 9.00. The van der Waals surface area contributed by atoms with Gasteiger partial charge in [-0.3, -0.25) is 13.9 Å². The van der Waals surface area contributed by atoms with E-state index in [0.29, 0.717) is 15.9 Å². The maximum atomic E-state index is 14.4. The van der Waals surface area contributed by atoms with Gasteiger partial charge in [0.15, 0.2) is 0 Å². The first kappa shape index (κ1) is 34.2. The predicted octanol–water partition coefficient (Wildman–Crippen LogP) is 6.37. The Morgan fingerprint density at radius 2 is 1.41 bits per heavy atom. The van der Waals surface area contributed by atoms with Crippen LogP contribution in [0.5, 0.6) is 0 Å². The van der Waals surface area contributed by atoms with E-state index >= 15 is 0 Å². The lowest BCUT2D eigenvalue weighted by Gasteiger charge is -2.34. The van der Waals surface area contributed by atoms with Crippen LogP contribution in [0.2, 0.25) is 0 Å². The van der Waals surface area contributed by atoms with Crippen LogP contribution in [-0.4, -0.2) is 43.8 Å². The Bertz CT molecular complexity index is 1750. The van der Waals surface area contributed by atoms with E-state index in [-0.39, 0.29) is 29.6 Å². The average molecular weight is 652 g/mol. The van der Waals surface area contributed by atoms with Crippen molar-refractivity contribution in [2.24, 2.45) is 0 Å². The molecule has 0 aliphatic heterocycles. The molecule has 0 aliphatic carbocycles. The quantitative estimate of drug-likeness (QED) is 0.193. The maximum absolute atomic E-state index is 14.4. The fraction of sp³-hybridized carbons (Fsp3) is 0.257. The zero-order valence-electron chi connectivity index (χ0n) is 25.7. The van der Waals surface area contributed by atoms with Crippen molar-refractivity contribution in [1.82, 2.24) is 10.2 Å². The van der Waals surface area contributed by atoms with Gasteiger partial charge in [0.25, 0.3) is 10.0 Å². The van der Waals surface area contributed by atoms with Crippen LogP contribution in [-0.2, 0) is 38.8 Å². The third kappa shape index (κ3) is 8.75. The molecule has 11 heteroatoms. The van der Waals surface area contributed by atoms with E-state index in [0.717, 1.165) is 23.3 Å². The summed E-state index contributed by atoms with van der Waals surface area (Å²) in [5.41, 5.74) is 0.961. The summed E-state index contributed by atoms with van der Waals surface area (Å²) in [7, 11) is -4.53. The number of benzene rings is 4. The average Bonchev–Trinajstić information content (AvgIpc) is 3.01. The minimum Gasteiger partial charge on any atom is -0.352 e. The van der Waals surface area contributed by atoms with E-state index in [9.17, 15) is 31.2 Å². The lowest BCUT2D eigenvalue weighted by molar-refractivity contribution is -0.140. The smallest absolute Gasteiger partial charge is 0.352 e. The second-order valence-corrected chi connectivity index (χ2v) is 13.1. The van der Waals surface area contributed by atoms with Crippen molar-refractivity contribution >= 4 is 27.5 Å². The molecule has 0 unspecified atom stereocenters. The molecule has 1 N–H and O–H groups in total. The predicted molar refractivity (Wildman–Crippen MR) is 171 cm³/mol.